The predicted octanol–water partition coefficient (Wildman–Crippen LogP) is 3.49. The number of hydrogen-bond donors (Lipinski definition) is 1. The Hall–Kier alpha value is -2.08. The molecule has 4 rings (SSSR count). The molecule has 26 heavy (non-hydrogen) atoms. The number of nitrogens with one attached hydrogen (secondary N) is 1. The van der Waals surface area contributed by atoms with Gasteiger partial charge in [-0.3, -0.25) is 9.59 Å². The predicted molar refractivity (Wildman–Crippen MR) is 101 cm³/mol. The molecule has 1 aliphatic carbocycles. The lowest BCUT2D eigenvalue weighted by atomic mass is 9.94. The first-order valence-electron chi connectivity index (χ1n) is 8.98. The van der Waals surface area contributed by atoms with Crippen molar-refractivity contribution >= 4 is 27.7 Å². The van der Waals surface area contributed by atoms with Gasteiger partial charge in [-0.05, 0) is 55.5 Å². The second kappa shape index (κ2) is 6.91. The van der Waals surface area contributed by atoms with Crippen LogP contribution < -0.4 is 5.32 Å². The molecule has 2 heterocycles. The number of halogens is 1. The van der Waals surface area contributed by atoms with E-state index in [1.165, 1.54) is 6.26 Å². The average Bonchev–Trinajstić information content (AvgIpc) is 3.29. The number of carbonyl (C=O) groups is 2. The van der Waals surface area contributed by atoms with Gasteiger partial charge in [0.25, 0.3) is 5.91 Å². The number of furan rings is 1. The molecule has 2 amide bonds. The third-order valence-corrected chi connectivity index (χ3v) is 5.96. The highest BCUT2D eigenvalue weighted by molar-refractivity contribution is 9.10. The molecule has 1 aliphatic heterocycles. The Morgan fingerprint density at radius 1 is 1.12 bits per heavy atom. The van der Waals surface area contributed by atoms with Crippen molar-refractivity contribution in [3.63, 3.8) is 0 Å². The number of piperidine rings is 1. The average molecular weight is 417 g/mol. The molecule has 5 nitrogen and oxygen atoms in total. The maximum Gasteiger partial charge on any atom is 0.289 e. The van der Waals surface area contributed by atoms with Crippen LogP contribution in [0.3, 0.4) is 0 Å². The first kappa shape index (κ1) is 17.3. The lowest BCUT2D eigenvalue weighted by molar-refractivity contribution is -0.124. The maximum atomic E-state index is 12.9. The Morgan fingerprint density at radius 3 is 2.38 bits per heavy atom. The van der Waals surface area contributed by atoms with E-state index in [2.05, 4.69) is 21.2 Å². The van der Waals surface area contributed by atoms with Gasteiger partial charge in [-0.1, -0.05) is 28.1 Å². The van der Waals surface area contributed by atoms with Crippen LogP contribution in [0, 0.1) is 0 Å². The molecular formula is C20H21BrN2O3. The fraction of sp³-hybridized carbons (Fsp3) is 0.400. The molecule has 2 aliphatic rings. The number of nitrogens with zero attached hydrogens (tertiary/aromatic N) is 1. The number of likely N-dealkylation sites (tertiary alicyclic amines) is 1. The summed E-state index contributed by atoms with van der Waals surface area (Å²) < 4.78 is 6.21. The Bertz CT molecular complexity index is 789. The molecule has 2 fully saturated rings. The molecular weight excluding hydrogens is 396 g/mol. The van der Waals surface area contributed by atoms with Gasteiger partial charge >= 0.3 is 0 Å². The topological polar surface area (TPSA) is 62.6 Å². The molecule has 1 aromatic carbocycles. The normalized spacial score (nSPS) is 19.2. The molecule has 1 N–H and O–H groups in total. The Balaban J connectivity index is 1.34. The summed E-state index contributed by atoms with van der Waals surface area (Å²) in [5.41, 5.74) is 0.727. The molecule has 1 aromatic heterocycles. The molecule has 2 aromatic rings. The molecule has 1 saturated carbocycles. The van der Waals surface area contributed by atoms with Crippen LogP contribution in [0.1, 0.15) is 41.8 Å². The number of carbonyl (C=O) groups excluding carboxylic acids is 2. The zero-order chi connectivity index (χ0) is 18.1. The number of hydrogen-bond acceptors (Lipinski definition) is 3. The SMILES string of the molecule is O=C(c1ccco1)N1CCC(NC(=O)C2(c3ccc(Br)cc3)CC2)CC1. The van der Waals surface area contributed by atoms with Gasteiger partial charge in [-0.2, -0.15) is 0 Å². The Kier molecular flexibility index (Phi) is 4.61. The summed E-state index contributed by atoms with van der Waals surface area (Å²) >= 11 is 3.44. The zero-order valence-corrected chi connectivity index (χ0v) is 16.0. The van der Waals surface area contributed by atoms with Crippen LogP contribution >= 0.6 is 15.9 Å². The lowest BCUT2D eigenvalue weighted by Gasteiger charge is -2.32. The summed E-state index contributed by atoms with van der Waals surface area (Å²) in [5, 5.41) is 3.22. The van der Waals surface area contributed by atoms with Gasteiger partial charge in [0.1, 0.15) is 0 Å². The van der Waals surface area contributed by atoms with Gasteiger partial charge in [-0.25, -0.2) is 0 Å². The van der Waals surface area contributed by atoms with Crippen molar-refractivity contribution in [1.82, 2.24) is 10.2 Å². The second-order valence-electron chi connectivity index (χ2n) is 7.11. The van der Waals surface area contributed by atoms with Crippen molar-refractivity contribution in [2.45, 2.75) is 37.1 Å². The van der Waals surface area contributed by atoms with Gasteiger partial charge in [-0.15, -0.1) is 0 Å². The van der Waals surface area contributed by atoms with Crippen LogP contribution in [0.2, 0.25) is 0 Å². The van der Waals surface area contributed by atoms with Gasteiger partial charge in [0.05, 0.1) is 11.7 Å². The first-order chi connectivity index (χ1) is 12.6. The zero-order valence-electron chi connectivity index (χ0n) is 14.4. The highest BCUT2D eigenvalue weighted by Crippen LogP contribution is 2.48. The second-order valence-corrected chi connectivity index (χ2v) is 8.02. The van der Waals surface area contributed by atoms with Crippen molar-refractivity contribution in [2.75, 3.05) is 13.1 Å². The van der Waals surface area contributed by atoms with Crippen LogP contribution in [0.5, 0.6) is 0 Å². The van der Waals surface area contributed by atoms with Crippen LogP contribution in [-0.2, 0) is 10.2 Å². The summed E-state index contributed by atoms with van der Waals surface area (Å²) in [6.45, 7) is 1.27. The van der Waals surface area contributed by atoms with E-state index in [9.17, 15) is 9.59 Å². The number of rotatable bonds is 4. The molecule has 0 atom stereocenters. The van der Waals surface area contributed by atoms with Crippen molar-refractivity contribution in [2.24, 2.45) is 0 Å². The van der Waals surface area contributed by atoms with E-state index < -0.39 is 0 Å². The summed E-state index contributed by atoms with van der Waals surface area (Å²) in [6.07, 6.45) is 4.85. The number of amides is 2. The molecule has 1 saturated heterocycles. The maximum absolute atomic E-state index is 12.9. The van der Waals surface area contributed by atoms with E-state index in [1.54, 1.807) is 17.0 Å². The van der Waals surface area contributed by atoms with Crippen molar-refractivity contribution in [1.29, 1.82) is 0 Å². The molecule has 0 unspecified atom stereocenters. The standard InChI is InChI=1S/C20H21BrN2O3/c21-15-5-3-14(4-6-15)20(9-10-20)19(25)22-16-7-11-23(12-8-16)18(24)17-2-1-13-26-17/h1-6,13,16H,7-12H2,(H,22,25). The fourth-order valence-electron chi connectivity index (χ4n) is 3.65. The van der Waals surface area contributed by atoms with Crippen molar-refractivity contribution in [3.05, 3.63) is 58.5 Å². The first-order valence-corrected chi connectivity index (χ1v) is 9.78. The van der Waals surface area contributed by atoms with Crippen molar-refractivity contribution < 1.29 is 14.0 Å². The van der Waals surface area contributed by atoms with Crippen LogP contribution in [0.4, 0.5) is 0 Å². The molecule has 136 valence electrons. The minimum atomic E-state index is -0.359. The summed E-state index contributed by atoms with van der Waals surface area (Å²) in [4.78, 5) is 27.0. The minimum Gasteiger partial charge on any atom is -0.459 e. The Labute approximate surface area is 160 Å². The van der Waals surface area contributed by atoms with E-state index in [-0.39, 0.29) is 23.3 Å². The molecule has 0 radical (unpaired) electrons. The summed E-state index contributed by atoms with van der Waals surface area (Å²) in [6, 6.07) is 11.6. The van der Waals surface area contributed by atoms with E-state index in [0.717, 1.165) is 35.7 Å². The van der Waals surface area contributed by atoms with Crippen LogP contribution in [-0.4, -0.2) is 35.8 Å². The molecule has 0 bridgehead atoms. The third kappa shape index (κ3) is 3.30. The highest BCUT2D eigenvalue weighted by Gasteiger charge is 2.51. The smallest absolute Gasteiger partial charge is 0.289 e. The summed E-state index contributed by atoms with van der Waals surface area (Å²) in [5.74, 6) is 0.420. The van der Waals surface area contributed by atoms with Gasteiger partial charge in [0, 0.05) is 23.6 Å². The lowest BCUT2D eigenvalue weighted by Crippen LogP contribution is -2.48. The quantitative estimate of drug-likeness (QED) is 0.829. The van der Waals surface area contributed by atoms with E-state index >= 15 is 0 Å². The van der Waals surface area contributed by atoms with E-state index in [1.807, 2.05) is 24.3 Å². The number of benzene rings is 1. The monoisotopic (exact) mass is 416 g/mol. The largest absolute Gasteiger partial charge is 0.459 e. The third-order valence-electron chi connectivity index (χ3n) is 5.43. The molecule has 0 spiro atoms. The minimum absolute atomic E-state index is 0.0756. The van der Waals surface area contributed by atoms with E-state index in [0.29, 0.717) is 18.8 Å². The summed E-state index contributed by atoms with van der Waals surface area (Å²) in [7, 11) is 0. The van der Waals surface area contributed by atoms with Gasteiger partial charge in [0.15, 0.2) is 5.76 Å². The van der Waals surface area contributed by atoms with Crippen molar-refractivity contribution in [3.8, 4) is 0 Å². The highest BCUT2D eigenvalue weighted by atomic mass is 79.9. The molecule has 6 heteroatoms. The Morgan fingerprint density at radius 2 is 1.81 bits per heavy atom. The van der Waals surface area contributed by atoms with Crippen LogP contribution in [0.25, 0.3) is 0 Å². The van der Waals surface area contributed by atoms with Gasteiger partial charge < -0.3 is 14.6 Å². The fourth-order valence-corrected chi connectivity index (χ4v) is 3.91. The van der Waals surface area contributed by atoms with Gasteiger partial charge in [0.2, 0.25) is 5.91 Å². The van der Waals surface area contributed by atoms with E-state index in [4.69, 9.17) is 4.42 Å². The van der Waals surface area contributed by atoms with Crippen LogP contribution in [0.15, 0.2) is 51.6 Å².